The lowest BCUT2D eigenvalue weighted by Crippen LogP contribution is -2.13. The van der Waals surface area contributed by atoms with Gasteiger partial charge in [0.2, 0.25) is 0 Å². The SMILES string of the molecule is COc1ccc(Cl)cc1CC(N)c1ccc(Br)o1. The van der Waals surface area contributed by atoms with Crippen LogP contribution in [-0.2, 0) is 6.42 Å². The molecule has 0 bridgehead atoms. The normalized spacial score (nSPS) is 12.4. The van der Waals surface area contributed by atoms with Crippen molar-refractivity contribution >= 4 is 27.5 Å². The fourth-order valence-corrected chi connectivity index (χ4v) is 2.29. The van der Waals surface area contributed by atoms with E-state index >= 15 is 0 Å². The summed E-state index contributed by atoms with van der Waals surface area (Å²) >= 11 is 9.24. The molecule has 1 aromatic carbocycles. The lowest BCUT2D eigenvalue weighted by molar-refractivity contribution is 0.403. The van der Waals surface area contributed by atoms with E-state index in [2.05, 4.69) is 15.9 Å². The molecule has 0 spiro atoms. The third-order valence-corrected chi connectivity index (χ3v) is 3.30. The Morgan fingerprint density at radius 3 is 2.78 bits per heavy atom. The molecule has 0 saturated heterocycles. The van der Waals surface area contributed by atoms with Crippen molar-refractivity contribution in [1.29, 1.82) is 0 Å². The van der Waals surface area contributed by atoms with Gasteiger partial charge in [0.1, 0.15) is 11.5 Å². The van der Waals surface area contributed by atoms with Gasteiger partial charge in [0.25, 0.3) is 0 Å². The minimum atomic E-state index is -0.233. The van der Waals surface area contributed by atoms with Gasteiger partial charge in [-0.25, -0.2) is 0 Å². The molecule has 0 amide bonds. The van der Waals surface area contributed by atoms with Crippen LogP contribution in [0.1, 0.15) is 17.4 Å². The van der Waals surface area contributed by atoms with Gasteiger partial charge in [0.15, 0.2) is 4.67 Å². The number of halogens is 2. The van der Waals surface area contributed by atoms with E-state index in [0.29, 0.717) is 16.1 Å². The number of rotatable bonds is 4. The Morgan fingerprint density at radius 1 is 1.39 bits per heavy atom. The van der Waals surface area contributed by atoms with Crippen LogP contribution >= 0.6 is 27.5 Å². The molecule has 0 saturated carbocycles. The Balaban J connectivity index is 2.20. The topological polar surface area (TPSA) is 48.4 Å². The van der Waals surface area contributed by atoms with Crippen molar-refractivity contribution in [2.45, 2.75) is 12.5 Å². The first-order valence-corrected chi connectivity index (χ1v) is 6.60. The smallest absolute Gasteiger partial charge is 0.169 e. The lowest BCUT2D eigenvalue weighted by Gasteiger charge is -2.12. The van der Waals surface area contributed by atoms with Crippen LogP contribution in [0.2, 0.25) is 5.02 Å². The van der Waals surface area contributed by atoms with Crippen LogP contribution in [0.4, 0.5) is 0 Å². The first-order chi connectivity index (χ1) is 8.60. The third-order valence-electron chi connectivity index (χ3n) is 2.64. The highest BCUT2D eigenvalue weighted by Crippen LogP contribution is 2.28. The lowest BCUT2D eigenvalue weighted by atomic mass is 10.0. The number of benzene rings is 1. The molecule has 1 unspecified atom stereocenters. The molecule has 0 aliphatic carbocycles. The van der Waals surface area contributed by atoms with Crippen LogP contribution in [0.3, 0.4) is 0 Å². The van der Waals surface area contributed by atoms with Gasteiger partial charge in [-0.3, -0.25) is 0 Å². The fourth-order valence-electron chi connectivity index (χ4n) is 1.77. The number of ether oxygens (including phenoxy) is 1. The number of furan rings is 1. The van der Waals surface area contributed by atoms with Crippen LogP contribution in [0.15, 0.2) is 39.4 Å². The minimum Gasteiger partial charge on any atom is -0.496 e. The fraction of sp³-hybridized carbons (Fsp3) is 0.231. The van der Waals surface area contributed by atoms with Crippen LogP contribution in [-0.4, -0.2) is 7.11 Å². The predicted molar refractivity (Wildman–Crippen MR) is 75.0 cm³/mol. The number of hydrogen-bond acceptors (Lipinski definition) is 3. The standard InChI is InChI=1S/C13H13BrClNO2/c1-17-11-3-2-9(15)6-8(11)7-10(16)12-4-5-13(14)18-12/h2-6,10H,7,16H2,1H3. The van der Waals surface area contributed by atoms with Crippen molar-refractivity contribution in [1.82, 2.24) is 0 Å². The Labute approximate surface area is 119 Å². The van der Waals surface area contributed by atoms with Crippen molar-refractivity contribution in [2.24, 2.45) is 5.73 Å². The second-order valence-corrected chi connectivity index (χ2v) is 5.13. The van der Waals surface area contributed by atoms with Gasteiger partial charge < -0.3 is 14.9 Å². The Hall–Kier alpha value is -0.970. The van der Waals surface area contributed by atoms with Gasteiger partial charge in [-0.05, 0) is 58.2 Å². The zero-order chi connectivity index (χ0) is 13.1. The van der Waals surface area contributed by atoms with Crippen LogP contribution < -0.4 is 10.5 Å². The van der Waals surface area contributed by atoms with E-state index in [1.807, 2.05) is 24.3 Å². The maximum atomic E-state index is 6.10. The molecule has 1 heterocycles. The molecule has 96 valence electrons. The van der Waals surface area contributed by atoms with Gasteiger partial charge in [-0.15, -0.1) is 0 Å². The second kappa shape index (κ2) is 5.78. The molecule has 0 aliphatic heterocycles. The molecular weight excluding hydrogens is 318 g/mol. The summed E-state index contributed by atoms with van der Waals surface area (Å²) in [5.74, 6) is 1.50. The highest BCUT2D eigenvalue weighted by molar-refractivity contribution is 9.10. The molecule has 0 aliphatic rings. The van der Waals surface area contributed by atoms with Crippen LogP contribution in [0, 0.1) is 0 Å². The van der Waals surface area contributed by atoms with E-state index in [9.17, 15) is 0 Å². The van der Waals surface area contributed by atoms with Crippen molar-refractivity contribution in [3.8, 4) is 5.75 Å². The summed E-state index contributed by atoms with van der Waals surface area (Å²) < 4.78 is 11.4. The van der Waals surface area contributed by atoms with E-state index < -0.39 is 0 Å². The number of hydrogen-bond donors (Lipinski definition) is 1. The molecule has 1 aromatic heterocycles. The Morgan fingerprint density at radius 2 is 2.17 bits per heavy atom. The Bertz CT molecular complexity index is 542. The van der Waals surface area contributed by atoms with Crippen molar-refractivity contribution in [3.63, 3.8) is 0 Å². The average Bonchev–Trinajstić information content (AvgIpc) is 2.76. The van der Waals surface area contributed by atoms with E-state index in [1.165, 1.54) is 0 Å². The van der Waals surface area contributed by atoms with Crippen molar-refractivity contribution in [3.05, 3.63) is 51.3 Å². The summed E-state index contributed by atoms with van der Waals surface area (Å²) in [5, 5.41) is 0.665. The number of methoxy groups -OCH3 is 1. The zero-order valence-electron chi connectivity index (χ0n) is 9.82. The summed E-state index contributed by atoms with van der Waals surface area (Å²) in [6.45, 7) is 0. The van der Waals surface area contributed by atoms with Gasteiger partial charge >= 0.3 is 0 Å². The average molecular weight is 331 g/mol. The van der Waals surface area contributed by atoms with Crippen LogP contribution in [0.5, 0.6) is 5.75 Å². The van der Waals surface area contributed by atoms with Gasteiger partial charge in [-0.2, -0.15) is 0 Å². The van der Waals surface area contributed by atoms with E-state index in [-0.39, 0.29) is 6.04 Å². The first-order valence-electron chi connectivity index (χ1n) is 5.43. The summed E-state index contributed by atoms with van der Waals surface area (Å²) in [7, 11) is 1.63. The molecule has 0 radical (unpaired) electrons. The van der Waals surface area contributed by atoms with E-state index in [0.717, 1.165) is 17.1 Å². The molecule has 18 heavy (non-hydrogen) atoms. The summed E-state index contributed by atoms with van der Waals surface area (Å²) in [5.41, 5.74) is 7.06. The third kappa shape index (κ3) is 3.07. The van der Waals surface area contributed by atoms with Gasteiger partial charge in [-0.1, -0.05) is 11.6 Å². The quantitative estimate of drug-likeness (QED) is 0.923. The molecule has 1 atom stereocenters. The Kier molecular flexibility index (Phi) is 4.32. The minimum absolute atomic E-state index is 0.233. The van der Waals surface area contributed by atoms with Crippen molar-refractivity contribution in [2.75, 3.05) is 7.11 Å². The summed E-state index contributed by atoms with van der Waals surface area (Å²) in [6, 6.07) is 8.93. The predicted octanol–water partition coefficient (Wildman–Crippen LogP) is 3.95. The maximum absolute atomic E-state index is 6.10. The maximum Gasteiger partial charge on any atom is 0.169 e. The highest BCUT2D eigenvalue weighted by Gasteiger charge is 2.14. The van der Waals surface area contributed by atoms with Gasteiger partial charge in [0, 0.05) is 5.02 Å². The highest BCUT2D eigenvalue weighted by atomic mass is 79.9. The largest absolute Gasteiger partial charge is 0.496 e. The van der Waals surface area contributed by atoms with E-state index in [1.54, 1.807) is 13.2 Å². The molecule has 3 nitrogen and oxygen atoms in total. The zero-order valence-corrected chi connectivity index (χ0v) is 12.2. The monoisotopic (exact) mass is 329 g/mol. The second-order valence-electron chi connectivity index (χ2n) is 3.91. The summed E-state index contributed by atoms with van der Waals surface area (Å²) in [6.07, 6.45) is 0.601. The molecular formula is C13H13BrClNO2. The number of nitrogens with two attached hydrogens (primary N) is 1. The first kappa shape index (κ1) is 13.5. The molecule has 2 aromatic rings. The molecule has 2 rings (SSSR count). The molecule has 0 fully saturated rings. The summed E-state index contributed by atoms with van der Waals surface area (Å²) in [4.78, 5) is 0. The molecule has 5 heteroatoms. The molecule has 2 N–H and O–H groups in total. The van der Waals surface area contributed by atoms with Gasteiger partial charge in [0.05, 0.1) is 13.2 Å². The van der Waals surface area contributed by atoms with Crippen LogP contribution in [0.25, 0.3) is 0 Å². The van der Waals surface area contributed by atoms with Crippen molar-refractivity contribution < 1.29 is 9.15 Å². The van der Waals surface area contributed by atoms with E-state index in [4.69, 9.17) is 26.5 Å².